The van der Waals surface area contributed by atoms with E-state index >= 15 is 0 Å². The largest absolute Gasteiger partial charge is 0.495 e. The van der Waals surface area contributed by atoms with E-state index in [1.54, 1.807) is 19.1 Å². The van der Waals surface area contributed by atoms with Crippen LogP contribution in [0.2, 0.25) is 0 Å². The van der Waals surface area contributed by atoms with Crippen LogP contribution in [0.4, 0.5) is 16.2 Å². The summed E-state index contributed by atoms with van der Waals surface area (Å²) in [4.78, 5) is 22.1. The minimum Gasteiger partial charge on any atom is -0.495 e. The maximum atomic E-state index is 12.2. The first kappa shape index (κ1) is 18.2. The average Bonchev–Trinajstić information content (AvgIpc) is 2.54. The molecule has 2 amide bonds. The van der Waals surface area contributed by atoms with Gasteiger partial charge in [-0.2, -0.15) is 0 Å². The summed E-state index contributed by atoms with van der Waals surface area (Å²) in [7, 11) is -2.77. The maximum absolute atomic E-state index is 12.2. The van der Waals surface area contributed by atoms with Gasteiger partial charge in [-0.15, -0.1) is 0 Å². The molecular weight excluding hydrogens is 350 g/mol. The van der Waals surface area contributed by atoms with Crippen molar-refractivity contribution in [1.29, 1.82) is 0 Å². The Bertz CT molecular complexity index is 909. The minimum absolute atomic E-state index is 0.0340. The highest BCUT2D eigenvalue weighted by Gasteiger charge is 2.19. The van der Waals surface area contributed by atoms with Gasteiger partial charge in [0.05, 0.1) is 22.6 Å². The lowest BCUT2D eigenvalue weighted by molar-refractivity contribution is -0.384. The van der Waals surface area contributed by atoms with E-state index in [1.165, 1.54) is 31.4 Å². The number of ether oxygens (including phenoxy) is 1. The highest BCUT2D eigenvalue weighted by Crippen LogP contribution is 2.28. The molecule has 0 saturated carbocycles. The molecule has 0 aliphatic rings. The molecule has 0 fully saturated rings. The molecule has 0 aromatic heterocycles. The monoisotopic (exact) mass is 365 g/mol. The molecule has 0 unspecified atom stereocenters. The Morgan fingerprint density at radius 2 is 1.80 bits per heavy atom. The molecule has 0 spiro atoms. The summed E-state index contributed by atoms with van der Waals surface area (Å²) in [5.74, 6) is 0.147. The summed E-state index contributed by atoms with van der Waals surface area (Å²) < 4.78 is 31.2. The zero-order valence-corrected chi connectivity index (χ0v) is 14.2. The Balaban J connectivity index is 2.21. The smallest absolute Gasteiger partial charge is 0.333 e. The van der Waals surface area contributed by atoms with Gasteiger partial charge < -0.3 is 10.1 Å². The maximum Gasteiger partial charge on any atom is 0.333 e. The van der Waals surface area contributed by atoms with Gasteiger partial charge in [-0.05, 0) is 25.1 Å². The first-order valence-corrected chi connectivity index (χ1v) is 8.44. The number of benzene rings is 2. The molecule has 0 aliphatic carbocycles. The lowest BCUT2D eigenvalue weighted by atomic mass is 10.2. The number of rotatable bonds is 5. The van der Waals surface area contributed by atoms with Gasteiger partial charge in [0.15, 0.2) is 0 Å². The summed E-state index contributed by atoms with van der Waals surface area (Å²) in [5, 5.41) is 13.1. The topological polar surface area (TPSA) is 128 Å². The van der Waals surface area contributed by atoms with E-state index in [4.69, 9.17) is 4.74 Å². The second-order valence-corrected chi connectivity index (χ2v) is 6.70. The molecule has 2 aromatic carbocycles. The third-order valence-corrected chi connectivity index (χ3v) is 4.55. The molecule has 0 aliphatic heterocycles. The number of amides is 2. The van der Waals surface area contributed by atoms with Crippen molar-refractivity contribution >= 4 is 27.4 Å². The number of nitrogens with one attached hydrogen (secondary N) is 2. The number of anilines is 1. The van der Waals surface area contributed by atoms with E-state index in [9.17, 15) is 23.3 Å². The zero-order valence-electron chi connectivity index (χ0n) is 13.3. The number of sulfonamides is 1. The van der Waals surface area contributed by atoms with Crippen molar-refractivity contribution < 1.29 is 22.9 Å². The van der Waals surface area contributed by atoms with Crippen LogP contribution in [0.3, 0.4) is 0 Å². The molecule has 0 radical (unpaired) electrons. The number of nitro groups is 1. The van der Waals surface area contributed by atoms with E-state index in [1.807, 2.05) is 4.72 Å². The van der Waals surface area contributed by atoms with Crippen molar-refractivity contribution in [2.45, 2.75) is 11.8 Å². The van der Waals surface area contributed by atoms with Gasteiger partial charge in [-0.25, -0.2) is 17.9 Å². The molecule has 132 valence electrons. The van der Waals surface area contributed by atoms with Crippen molar-refractivity contribution in [3.05, 3.63) is 58.1 Å². The Hall–Kier alpha value is -3.14. The van der Waals surface area contributed by atoms with Crippen LogP contribution in [0.15, 0.2) is 47.4 Å². The van der Waals surface area contributed by atoms with Gasteiger partial charge in [-0.1, -0.05) is 17.7 Å². The number of nitrogens with zero attached hydrogens (tertiary/aromatic N) is 1. The standard InChI is InChI=1S/C15H15N3O6S/c1-10-3-6-12(7-4-10)25(22,23)17-15(19)16-13-9-11(18(20)21)5-8-14(13)24-2/h3-9H,1-2H3,(H2,16,17,19). The predicted molar refractivity (Wildman–Crippen MR) is 90.2 cm³/mol. The fourth-order valence-corrected chi connectivity index (χ4v) is 2.86. The third-order valence-electron chi connectivity index (χ3n) is 3.20. The Labute approximate surface area is 143 Å². The number of nitro benzene ring substituents is 1. The van der Waals surface area contributed by atoms with Gasteiger partial charge in [0.25, 0.3) is 15.7 Å². The van der Waals surface area contributed by atoms with E-state index in [-0.39, 0.29) is 22.0 Å². The number of methoxy groups -OCH3 is 1. The molecule has 0 atom stereocenters. The SMILES string of the molecule is COc1ccc([N+](=O)[O-])cc1NC(=O)NS(=O)(=O)c1ccc(C)cc1. The Morgan fingerprint density at radius 1 is 1.16 bits per heavy atom. The number of aryl methyl sites for hydroxylation is 1. The lowest BCUT2D eigenvalue weighted by Crippen LogP contribution is -2.34. The number of carbonyl (C=O) groups excluding carboxylic acids is 1. The normalized spacial score (nSPS) is 10.8. The van der Waals surface area contributed by atoms with Crippen molar-refractivity contribution in [3.8, 4) is 5.75 Å². The number of carbonyl (C=O) groups is 1. The van der Waals surface area contributed by atoms with Crippen LogP contribution < -0.4 is 14.8 Å². The number of non-ortho nitro benzene ring substituents is 1. The van der Waals surface area contributed by atoms with Gasteiger partial charge in [-0.3, -0.25) is 10.1 Å². The molecule has 9 nitrogen and oxygen atoms in total. The van der Waals surface area contributed by atoms with Crippen molar-refractivity contribution in [3.63, 3.8) is 0 Å². The average molecular weight is 365 g/mol. The van der Waals surface area contributed by atoms with Crippen LogP contribution in [-0.2, 0) is 10.0 Å². The predicted octanol–water partition coefficient (Wildman–Crippen LogP) is 2.42. The fourth-order valence-electron chi connectivity index (χ4n) is 1.95. The van der Waals surface area contributed by atoms with Crippen LogP contribution in [-0.4, -0.2) is 26.5 Å². The second kappa shape index (κ2) is 7.18. The van der Waals surface area contributed by atoms with Crippen LogP contribution >= 0.6 is 0 Å². The fraction of sp³-hybridized carbons (Fsp3) is 0.133. The number of hydrogen-bond acceptors (Lipinski definition) is 6. The lowest BCUT2D eigenvalue weighted by Gasteiger charge is -2.11. The van der Waals surface area contributed by atoms with Gasteiger partial charge in [0.1, 0.15) is 5.75 Å². The van der Waals surface area contributed by atoms with Crippen LogP contribution in [0.5, 0.6) is 5.75 Å². The molecule has 2 rings (SSSR count). The Morgan fingerprint density at radius 3 is 2.36 bits per heavy atom. The number of urea groups is 1. The van der Waals surface area contributed by atoms with E-state index < -0.39 is 21.0 Å². The molecule has 0 bridgehead atoms. The van der Waals surface area contributed by atoms with E-state index in [2.05, 4.69) is 5.32 Å². The van der Waals surface area contributed by atoms with E-state index in [0.717, 1.165) is 11.6 Å². The summed E-state index contributed by atoms with van der Waals surface area (Å²) in [6.45, 7) is 1.80. The minimum atomic E-state index is -4.08. The molecule has 0 heterocycles. The van der Waals surface area contributed by atoms with Crippen molar-refractivity contribution in [2.75, 3.05) is 12.4 Å². The van der Waals surface area contributed by atoms with Crippen LogP contribution in [0, 0.1) is 17.0 Å². The van der Waals surface area contributed by atoms with E-state index in [0.29, 0.717) is 0 Å². The van der Waals surface area contributed by atoms with Gasteiger partial charge in [0.2, 0.25) is 0 Å². The molecule has 25 heavy (non-hydrogen) atoms. The summed E-state index contributed by atoms with van der Waals surface area (Å²) in [6, 6.07) is 8.40. The van der Waals surface area contributed by atoms with Gasteiger partial charge >= 0.3 is 6.03 Å². The quantitative estimate of drug-likeness (QED) is 0.619. The first-order chi connectivity index (χ1) is 11.7. The Kier molecular flexibility index (Phi) is 5.22. The van der Waals surface area contributed by atoms with Crippen LogP contribution in [0.1, 0.15) is 5.56 Å². The highest BCUT2D eigenvalue weighted by atomic mass is 32.2. The molecule has 2 aromatic rings. The number of hydrogen-bond donors (Lipinski definition) is 2. The first-order valence-electron chi connectivity index (χ1n) is 6.96. The zero-order chi connectivity index (χ0) is 18.6. The second-order valence-electron chi connectivity index (χ2n) is 5.01. The molecule has 2 N–H and O–H groups in total. The molecular formula is C15H15N3O6S. The van der Waals surface area contributed by atoms with Crippen molar-refractivity contribution in [2.24, 2.45) is 0 Å². The van der Waals surface area contributed by atoms with Crippen LogP contribution in [0.25, 0.3) is 0 Å². The molecule has 10 heteroatoms. The summed E-state index contributed by atoms with van der Waals surface area (Å²) in [6.07, 6.45) is 0. The molecule has 0 saturated heterocycles. The van der Waals surface area contributed by atoms with Gasteiger partial charge in [0, 0.05) is 12.1 Å². The summed E-state index contributed by atoms with van der Waals surface area (Å²) >= 11 is 0. The third kappa shape index (κ3) is 4.44. The van der Waals surface area contributed by atoms with Crippen molar-refractivity contribution in [1.82, 2.24) is 4.72 Å². The summed E-state index contributed by atoms with van der Waals surface area (Å²) in [5.41, 5.74) is 0.551. The highest BCUT2D eigenvalue weighted by molar-refractivity contribution is 7.90.